The summed E-state index contributed by atoms with van der Waals surface area (Å²) in [6.45, 7) is 7.61. The number of hydrogen-bond acceptors (Lipinski definition) is 8. The Morgan fingerprint density at radius 1 is 1.12 bits per heavy atom. The second kappa shape index (κ2) is 12.8. The first-order valence-electron chi connectivity index (χ1n) is 11.2. The predicted octanol–water partition coefficient (Wildman–Crippen LogP) is 5.56. The fraction of sp³-hybridized carbons (Fsp3) is 0.417. The zero-order valence-corrected chi connectivity index (χ0v) is 21.1. The normalized spacial score (nSPS) is 15.1. The summed E-state index contributed by atoms with van der Waals surface area (Å²) in [6.07, 6.45) is 1.01. The van der Waals surface area contributed by atoms with Gasteiger partial charge in [0, 0.05) is 29.9 Å². The summed E-state index contributed by atoms with van der Waals surface area (Å²) in [5.74, 6) is 0. The summed E-state index contributed by atoms with van der Waals surface area (Å²) in [7, 11) is -1.84. The molecule has 186 valence electrons. The van der Waals surface area contributed by atoms with Gasteiger partial charge < -0.3 is 19.5 Å². The highest BCUT2D eigenvalue weighted by molar-refractivity contribution is 7.58. The Morgan fingerprint density at radius 3 is 2.18 bits per heavy atom. The van der Waals surface area contributed by atoms with Crippen LogP contribution in [-0.4, -0.2) is 47.3 Å². The molecule has 2 N–H and O–H groups in total. The smallest absolute Gasteiger partial charge is 0.377 e. The molecule has 0 bridgehead atoms. The van der Waals surface area contributed by atoms with Gasteiger partial charge in [0.25, 0.3) is 5.69 Å². The van der Waals surface area contributed by atoms with E-state index in [9.17, 15) is 19.8 Å². The Balaban J connectivity index is 2.36. The van der Waals surface area contributed by atoms with Gasteiger partial charge in [-0.1, -0.05) is 30.3 Å². The Bertz CT molecular complexity index is 990. The molecule has 0 saturated carbocycles. The largest absolute Gasteiger partial charge is 0.387 e. The number of nitrogens with zero attached hydrogens (tertiary/aromatic N) is 2. The first-order chi connectivity index (χ1) is 16.1. The average Bonchev–Trinajstić information content (AvgIpc) is 2.83. The highest BCUT2D eigenvalue weighted by Crippen LogP contribution is 2.56. The maximum absolute atomic E-state index is 13.6. The lowest BCUT2D eigenvalue weighted by molar-refractivity contribution is -0.384. The molecule has 0 aliphatic heterocycles. The van der Waals surface area contributed by atoms with Crippen LogP contribution in [0.3, 0.4) is 0 Å². The monoisotopic (exact) mass is 491 g/mol. The number of benzene rings is 2. The molecule has 3 atom stereocenters. The van der Waals surface area contributed by atoms with Crippen molar-refractivity contribution in [2.75, 3.05) is 25.6 Å². The number of anilines is 1. The van der Waals surface area contributed by atoms with E-state index in [-0.39, 0.29) is 36.4 Å². The Hall–Kier alpha value is -2.55. The number of likely N-dealkylation sites (N-methyl/N-ethyl adjacent to an activating group) is 1. The lowest BCUT2D eigenvalue weighted by Crippen LogP contribution is -2.40. The van der Waals surface area contributed by atoms with Crippen LogP contribution in [0.5, 0.6) is 0 Å². The molecule has 0 amide bonds. The van der Waals surface area contributed by atoms with Gasteiger partial charge >= 0.3 is 7.60 Å². The van der Waals surface area contributed by atoms with Gasteiger partial charge in [-0.25, -0.2) is 0 Å². The fourth-order valence-corrected chi connectivity index (χ4v) is 5.10. The van der Waals surface area contributed by atoms with E-state index in [1.54, 1.807) is 19.9 Å². The summed E-state index contributed by atoms with van der Waals surface area (Å²) >= 11 is 0. The molecule has 0 radical (unpaired) electrons. The van der Waals surface area contributed by atoms with Crippen molar-refractivity contribution in [2.24, 2.45) is 0 Å². The van der Waals surface area contributed by atoms with Crippen LogP contribution in [0.4, 0.5) is 11.4 Å². The third kappa shape index (κ3) is 7.22. The molecule has 0 aromatic heterocycles. The number of nitro benzene ring substituents is 1. The highest BCUT2D eigenvalue weighted by atomic mass is 31.2. The number of hydrogen-bond donors (Lipinski definition) is 2. The standard InChI is InChI=1S/C24H34N3O6P/c1-6-32-34(31,33-7-2)23(25-21-13-15-22(16-14-21)27(29)30)17-18(3)26(5)19(4)24(28)20-11-9-8-10-12-20/h8-19,24-25,28H,6-7H2,1-5H3/b23-17+/t18?,19-,24-/m0/s1. The minimum Gasteiger partial charge on any atom is -0.387 e. The van der Waals surface area contributed by atoms with Crippen LogP contribution in [0.1, 0.15) is 39.4 Å². The van der Waals surface area contributed by atoms with E-state index in [0.717, 1.165) is 5.56 Å². The van der Waals surface area contributed by atoms with Crippen molar-refractivity contribution in [1.29, 1.82) is 0 Å². The molecule has 0 aliphatic rings. The lowest BCUT2D eigenvalue weighted by Gasteiger charge is -2.33. The van der Waals surface area contributed by atoms with E-state index in [1.165, 1.54) is 24.3 Å². The topological polar surface area (TPSA) is 114 Å². The van der Waals surface area contributed by atoms with Gasteiger partial charge in [-0.3, -0.25) is 19.6 Å². The van der Waals surface area contributed by atoms with Crippen molar-refractivity contribution in [3.8, 4) is 0 Å². The highest BCUT2D eigenvalue weighted by Gasteiger charge is 2.32. The molecular weight excluding hydrogens is 457 g/mol. The zero-order chi connectivity index (χ0) is 25.3. The van der Waals surface area contributed by atoms with Crippen molar-refractivity contribution in [3.05, 3.63) is 81.8 Å². The molecule has 0 spiro atoms. The maximum Gasteiger partial charge on any atom is 0.377 e. The SMILES string of the molecule is CCOP(=O)(OCC)/C(=C/C(C)N(C)[C@@H](C)[C@H](O)c1ccccc1)Nc1ccc([N+](=O)[O-])cc1. The molecule has 9 nitrogen and oxygen atoms in total. The number of non-ortho nitro benzene ring substituents is 1. The van der Waals surface area contributed by atoms with E-state index in [1.807, 2.05) is 56.1 Å². The molecule has 0 heterocycles. The first-order valence-corrected chi connectivity index (χ1v) is 12.7. The van der Waals surface area contributed by atoms with Gasteiger partial charge in [0.15, 0.2) is 0 Å². The van der Waals surface area contributed by atoms with E-state index < -0.39 is 18.6 Å². The molecule has 0 fully saturated rings. The molecule has 1 unspecified atom stereocenters. The molecule has 2 aromatic carbocycles. The number of rotatable bonds is 13. The summed E-state index contributed by atoms with van der Waals surface area (Å²) < 4.78 is 24.7. The molecular formula is C24H34N3O6P. The Morgan fingerprint density at radius 2 is 1.68 bits per heavy atom. The lowest BCUT2D eigenvalue weighted by atomic mass is 10.0. The van der Waals surface area contributed by atoms with Crippen molar-refractivity contribution >= 4 is 19.0 Å². The molecule has 10 heteroatoms. The number of aliphatic hydroxyl groups excluding tert-OH is 1. The van der Waals surface area contributed by atoms with E-state index in [4.69, 9.17) is 9.05 Å². The zero-order valence-electron chi connectivity index (χ0n) is 20.2. The first kappa shape index (κ1) is 27.7. The third-order valence-electron chi connectivity index (χ3n) is 5.53. The minimum absolute atomic E-state index is 0.0503. The predicted molar refractivity (Wildman–Crippen MR) is 134 cm³/mol. The Labute approximate surface area is 201 Å². The minimum atomic E-state index is -3.70. The van der Waals surface area contributed by atoms with E-state index >= 15 is 0 Å². The van der Waals surface area contributed by atoms with Gasteiger partial charge in [-0.2, -0.15) is 0 Å². The van der Waals surface area contributed by atoms with Crippen molar-refractivity contribution in [3.63, 3.8) is 0 Å². The summed E-state index contributed by atoms with van der Waals surface area (Å²) in [5.41, 5.74) is 1.48. The van der Waals surface area contributed by atoms with Crippen molar-refractivity contribution in [2.45, 2.75) is 45.9 Å². The number of aliphatic hydroxyl groups is 1. The van der Waals surface area contributed by atoms with E-state index in [2.05, 4.69) is 5.32 Å². The van der Waals surface area contributed by atoms with Crippen LogP contribution in [0.2, 0.25) is 0 Å². The van der Waals surface area contributed by atoms with Gasteiger partial charge in [-0.15, -0.1) is 0 Å². The molecule has 2 aromatic rings. The molecule has 0 saturated heterocycles. The van der Waals surface area contributed by atoms with Gasteiger partial charge in [0.05, 0.1) is 24.2 Å². The third-order valence-corrected chi connectivity index (χ3v) is 7.57. The molecule has 34 heavy (non-hydrogen) atoms. The second-order valence-electron chi connectivity index (χ2n) is 7.82. The molecule has 2 rings (SSSR count). The van der Waals surface area contributed by atoms with Crippen molar-refractivity contribution < 1.29 is 23.6 Å². The van der Waals surface area contributed by atoms with E-state index in [0.29, 0.717) is 5.69 Å². The average molecular weight is 492 g/mol. The van der Waals surface area contributed by atoms with Crippen molar-refractivity contribution in [1.82, 2.24) is 4.90 Å². The summed E-state index contributed by atoms with van der Waals surface area (Å²) in [5, 5.41) is 24.9. The van der Waals surface area contributed by atoms with Crippen LogP contribution in [0.15, 0.2) is 66.1 Å². The quantitative estimate of drug-likeness (QED) is 0.213. The van der Waals surface area contributed by atoms with Crippen LogP contribution in [-0.2, 0) is 13.6 Å². The Kier molecular flexibility index (Phi) is 10.4. The van der Waals surface area contributed by atoms with Crippen LogP contribution in [0.25, 0.3) is 0 Å². The molecule has 0 aliphatic carbocycles. The summed E-state index contributed by atoms with van der Waals surface area (Å²) in [6, 6.07) is 14.6. The van der Waals surface area contributed by atoms with Crippen LogP contribution < -0.4 is 5.32 Å². The number of nitro groups is 1. The van der Waals surface area contributed by atoms with Gasteiger partial charge in [0.2, 0.25) is 0 Å². The number of nitrogens with one attached hydrogen (secondary N) is 1. The van der Waals surface area contributed by atoms with Gasteiger partial charge in [-0.05, 0) is 58.5 Å². The summed E-state index contributed by atoms with van der Waals surface area (Å²) in [4.78, 5) is 12.4. The van der Waals surface area contributed by atoms with Gasteiger partial charge in [0.1, 0.15) is 5.44 Å². The van der Waals surface area contributed by atoms with Crippen LogP contribution in [0, 0.1) is 10.1 Å². The fourth-order valence-electron chi connectivity index (χ4n) is 3.40. The maximum atomic E-state index is 13.6. The van der Waals surface area contributed by atoms with Crippen LogP contribution >= 0.6 is 7.60 Å². The second-order valence-corrected chi connectivity index (χ2v) is 9.81.